The number of nitrogens with zero attached hydrogens (tertiary/aromatic N) is 1. The lowest BCUT2D eigenvalue weighted by Crippen LogP contribution is -2.56. The highest BCUT2D eigenvalue weighted by atomic mass is 16.4. The molecule has 1 aromatic heterocycles. The van der Waals surface area contributed by atoms with Gasteiger partial charge in [0, 0.05) is 18.5 Å². The zero-order valence-electron chi connectivity index (χ0n) is 17.8. The molecule has 8 heteroatoms. The molecule has 1 aromatic carbocycles. The van der Waals surface area contributed by atoms with Crippen molar-refractivity contribution in [2.45, 2.75) is 45.1 Å². The average molecular weight is 425 g/mol. The van der Waals surface area contributed by atoms with Crippen LogP contribution >= 0.6 is 0 Å². The molecule has 164 valence electrons. The van der Waals surface area contributed by atoms with E-state index in [9.17, 15) is 19.2 Å². The minimum atomic E-state index is -0.932. The maximum absolute atomic E-state index is 13.0. The second-order valence-electron chi connectivity index (χ2n) is 8.86. The number of likely N-dealkylation sites (tertiary alicyclic amines) is 1. The number of urea groups is 1. The first kappa shape index (κ1) is 21.1. The molecule has 1 atom stereocenters. The highest BCUT2D eigenvalue weighted by molar-refractivity contribution is 6.07. The van der Waals surface area contributed by atoms with Gasteiger partial charge >= 0.3 is 11.7 Å². The van der Waals surface area contributed by atoms with Gasteiger partial charge in [-0.25, -0.2) is 9.59 Å². The Hall–Kier alpha value is -3.16. The molecular weight excluding hydrogens is 398 g/mol. The predicted octanol–water partition coefficient (Wildman–Crippen LogP) is 2.66. The van der Waals surface area contributed by atoms with Gasteiger partial charge in [-0.1, -0.05) is 32.0 Å². The number of benzene rings is 1. The molecule has 0 radical (unpaired) electrons. The number of hydrogen-bond donors (Lipinski definition) is 2. The molecule has 0 bridgehead atoms. The number of para-hydroxylation sites is 1. The van der Waals surface area contributed by atoms with Gasteiger partial charge < -0.3 is 14.6 Å². The normalized spacial score (nSPS) is 22.1. The van der Waals surface area contributed by atoms with Crippen LogP contribution in [0.15, 0.2) is 39.5 Å². The van der Waals surface area contributed by atoms with Crippen molar-refractivity contribution in [3.63, 3.8) is 0 Å². The van der Waals surface area contributed by atoms with E-state index in [-0.39, 0.29) is 23.3 Å². The van der Waals surface area contributed by atoms with Crippen LogP contribution in [0.3, 0.4) is 0 Å². The van der Waals surface area contributed by atoms with Crippen molar-refractivity contribution in [1.82, 2.24) is 15.5 Å². The highest BCUT2D eigenvalue weighted by Gasteiger charge is 2.52. The van der Waals surface area contributed by atoms with Crippen LogP contribution in [0.25, 0.3) is 11.0 Å². The quantitative estimate of drug-likeness (QED) is 0.566. The second kappa shape index (κ2) is 8.17. The van der Waals surface area contributed by atoms with Crippen LogP contribution in [-0.2, 0) is 4.79 Å². The van der Waals surface area contributed by atoms with Gasteiger partial charge in [0.25, 0.3) is 11.8 Å². The molecular formula is C23H27N3O5. The number of nitrogens with one attached hydrogen (secondary N) is 2. The summed E-state index contributed by atoms with van der Waals surface area (Å²) in [6, 6.07) is 8.19. The maximum Gasteiger partial charge on any atom is 0.349 e. The summed E-state index contributed by atoms with van der Waals surface area (Å²) >= 11 is 0. The van der Waals surface area contributed by atoms with Crippen molar-refractivity contribution in [3.05, 3.63) is 46.3 Å². The van der Waals surface area contributed by atoms with E-state index in [0.717, 1.165) is 6.42 Å². The number of amides is 4. The molecule has 2 N–H and O–H groups in total. The molecule has 1 unspecified atom stereocenters. The molecule has 3 heterocycles. The number of hydrogen-bond acceptors (Lipinski definition) is 5. The van der Waals surface area contributed by atoms with E-state index in [1.54, 1.807) is 29.2 Å². The van der Waals surface area contributed by atoms with Crippen LogP contribution in [0.4, 0.5) is 4.79 Å². The number of carbonyl (C=O) groups is 3. The molecule has 2 aliphatic heterocycles. The predicted molar refractivity (Wildman–Crippen MR) is 115 cm³/mol. The van der Waals surface area contributed by atoms with Gasteiger partial charge in [0.05, 0.1) is 0 Å². The van der Waals surface area contributed by atoms with Gasteiger partial charge in [0.2, 0.25) is 0 Å². The topological polar surface area (TPSA) is 109 Å². The Labute approximate surface area is 180 Å². The summed E-state index contributed by atoms with van der Waals surface area (Å²) < 4.78 is 5.30. The molecule has 2 aromatic rings. The fraction of sp³-hybridized carbons (Fsp3) is 0.478. The Morgan fingerprint density at radius 3 is 2.55 bits per heavy atom. The third-order valence-corrected chi connectivity index (χ3v) is 6.44. The Morgan fingerprint density at radius 2 is 1.90 bits per heavy atom. The van der Waals surface area contributed by atoms with Crippen LogP contribution in [0, 0.1) is 11.8 Å². The first-order chi connectivity index (χ1) is 14.8. The van der Waals surface area contributed by atoms with Gasteiger partial charge in [-0.3, -0.25) is 14.9 Å². The van der Waals surface area contributed by atoms with E-state index in [4.69, 9.17) is 4.42 Å². The third kappa shape index (κ3) is 3.94. The first-order valence-corrected chi connectivity index (χ1v) is 10.8. The Kier molecular flexibility index (Phi) is 5.56. The number of fused-ring (bicyclic) bond motifs is 1. The third-order valence-electron chi connectivity index (χ3n) is 6.44. The smallest absolute Gasteiger partial charge is 0.349 e. The molecule has 2 fully saturated rings. The Bertz CT molecular complexity index is 1080. The number of piperidine rings is 1. The summed E-state index contributed by atoms with van der Waals surface area (Å²) in [6.07, 6.45) is 2.51. The molecule has 4 amide bonds. The van der Waals surface area contributed by atoms with E-state index >= 15 is 0 Å². The summed E-state index contributed by atoms with van der Waals surface area (Å²) in [4.78, 5) is 51.6. The van der Waals surface area contributed by atoms with Crippen molar-refractivity contribution in [3.8, 4) is 0 Å². The van der Waals surface area contributed by atoms with Crippen LogP contribution in [-0.4, -0.2) is 41.4 Å². The molecule has 0 spiro atoms. The molecule has 0 saturated carbocycles. The van der Waals surface area contributed by atoms with Crippen LogP contribution in [0.5, 0.6) is 0 Å². The summed E-state index contributed by atoms with van der Waals surface area (Å²) in [5, 5.41) is 5.96. The van der Waals surface area contributed by atoms with Crippen molar-refractivity contribution < 1.29 is 18.8 Å². The lowest BCUT2D eigenvalue weighted by Gasteiger charge is -2.41. The van der Waals surface area contributed by atoms with Gasteiger partial charge in [0.15, 0.2) is 0 Å². The lowest BCUT2D eigenvalue weighted by molar-refractivity contribution is -0.127. The number of imide groups is 1. The van der Waals surface area contributed by atoms with Crippen molar-refractivity contribution in [2.24, 2.45) is 11.8 Å². The summed E-state index contributed by atoms with van der Waals surface area (Å²) in [6.45, 7) is 4.97. The number of rotatable bonds is 5. The van der Waals surface area contributed by atoms with Crippen molar-refractivity contribution >= 4 is 28.8 Å². The zero-order chi connectivity index (χ0) is 22.2. The molecule has 2 aliphatic rings. The van der Waals surface area contributed by atoms with Crippen molar-refractivity contribution in [2.75, 3.05) is 13.1 Å². The van der Waals surface area contributed by atoms with E-state index in [2.05, 4.69) is 24.5 Å². The van der Waals surface area contributed by atoms with Gasteiger partial charge in [-0.2, -0.15) is 0 Å². The standard InChI is InChI=1S/C23H27N3O5/c1-14(2)7-10-23(21(29)24-22(30)25-23)16-8-11-26(12-9-16)19(27)17-13-15-5-3-4-6-18(15)31-20(17)28/h3-6,13-14,16H,7-12H2,1-2H3,(H2,24,25,29,30). The minimum Gasteiger partial charge on any atom is -0.422 e. The minimum absolute atomic E-state index is 0.0126. The van der Waals surface area contributed by atoms with E-state index < -0.39 is 17.2 Å². The maximum atomic E-state index is 13.0. The van der Waals surface area contributed by atoms with E-state index in [1.807, 2.05) is 6.07 Å². The fourth-order valence-electron chi connectivity index (χ4n) is 4.65. The molecule has 31 heavy (non-hydrogen) atoms. The second-order valence-corrected chi connectivity index (χ2v) is 8.86. The van der Waals surface area contributed by atoms with Gasteiger partial charge in [-0.05, 0) is 49.7 Å². The molecule has 2 saturated heterocycles. The Balaban J connectivity index is 1.50. The summed E-state index contributed by atoms with van der Waals surface area (Å²) in [5.41, 5.74) is -1.13. The van der Waals surface area contributed by atoms with Crippen LogP contribution in [0.2, 0.25) is 0 Å². The van der Waals surface area contributed by atoms with Crippen LogP contribution < -0.4 is 16.3 Å². The zero-order valence-corrected chi connectivity index (χ0v) is 17.8. The fourth-order valence-corrected chi connectivity index (χ4v) is 4.65. The Morgan fingerprint density at radius 1 is 1.19 bits per heavy atom. The molecule has 4 rings (SSSR count). The van der Waals surface area contributed by atoms with Gasteiger partial charge in [0.1, 0.15) is 16.7 Å². The van der Waals surface area contributed by atoms with Crippen molar-refractivity contribution in [1.29, 1.82) is 0 Å². The van der Waals surface area contributed by atoms with Crippen LogP contribution in [0.1, 0.15) is 49.9 Å². The molecule has 0 aliphatic carbocycles. The number of carbonyl (C=O) groups excluding carboxylic acids is 3. The lowest BCUT2D eigenvalue weighted by atomic mass is 9.74. The summed E-state index contributed by atoms with van der Waals surface area (Å²) in [5.74, 6) is -0.321. The first-order valence-electron chi connectivity index (χ1n) is 10.8. The summed E-state index contributed by atoms with van der Waals surface area (Å²) in [7, 11) is 0. The monoisotopic (exact) mass is 425 g/mol. The van der Waals surface area contributed by atoms with E-state index in [1.165, 1.54) is 0 Å². The SMILES string of the molecule is CC(C)CCC1(C2CCN(C(=O)c3cc4ccccc4oc3=O)CC2)NC(=O)NC1=O. The van der Waals surface area contributed by atoms with Gasteiger partial charge in [-0.15, -0.1) is 0 Å². The van der Waals surface area contributed by atoms with E-state index in [0.29, 0.717) is 49.2 Å². The average Bonchev–Trinajstić information content (AvgIpc) is 3.05. The largest absolute Gasteiger partial charge is 0.422 e. The highest BCUT2D eigenvalue weighted by Crippen LogP contribution is 2.35. The molecule has 8 nitrogen and oxygen atoms in total.